The van der Waals surface area contributed by atoms with Crippen LogP contribution in [0.2, 0.25) is 0 Å². The van der Waals surface area contributed by atoms with E-state index in [2.05, 4.69) is 31.6 Å². The number of anilines is 1. The van der Waals surface area contributed by atoms with Gasteiger partial charge in [0.15, 0.2) is 0 Å². The monoisotopic (exact) mass is 390 g/mol. The van der Waals surface area contributed by atoms with E-state index >= 15 is 0 Å². The zero-order valence-corrected chi connectivity index (χ0v) is 17.7. The van der Waals surface area contributed by atoms with E-state index in [9.17, 15) is 0 Å². The van der Waals surface area contributed by atoms with Crippen LogP contribution in [0.15, 0.2) is 12.4 Å². The first kappa shape index (κ1) is 21.4. The predicted octanol–water partition coefficient (Wildman–Crippen LogP) is 1.70. The number of hydrogen-bond acceptors (Lipinski definition) is 7. The van der Waals surface area contributed by atoms with Crippen LogP contribution in [-0.4, -0.2) is 90.2 Å². The number of nitrogens with zero attached hydrogens (tertiary/aromatic N) is 5. The molecular formula is C21H38N6O. The number of methoxy groups -OCH3 is 1. The highest BCUT2D eigenvalue weighted by atomic mass is 16.5. The highest BCUT2D eigenvalue weighted by molar-refractivity contribution is 5.17. The Labute approximate surface area is 170 Å². The van der Waals surface area contributed by atoms with Gasteiger partial charge >= 0.3 is 0 Å². The second kappa shape index (κ2) is 11.0. The van der Waals surface area contributed by atoms with E-state index in [1.807, 2.05) is 12.4 Å². The summed E-state index contributed by atoms with van der Waals surface area (Å²) in [6.07, 6.45) is 8.97. The highest BCUT2D eigenvalue weighted by Gasteiger charge is 2.27. The lowest BCUT2D eigenvalue weighted by molar-refractivity contribution is 0.0964. The Hall–Kier alpha value is -1.28. The fourth-order valence-electron chi connectivity index (χ4n) is 4.70. The molecule has 0 bridgehead atoms. The minimum absolute atomic E-state index is 0.353. The van der Waals surface area contributed by atoms with Gasteiger partial charge in [-0.3, -0.25) is 9.80 Å². The van der Waals surface area contributed by atoms with Crippen molar-refractivity contribution in [1.29, 1.82) is 0 Å². The minimum atomic E-state index is 0.353. The summed E-state index contributed by atoms with van der Waals surface area (Å²) in [5.74, 6) is 1.12. The molecule has 1 atom stereocenters. The van der Waals surface area contributed by atoms with Crippen molar-refractivity contribution in [3.8, 4) is 0 Å². The van der Waals surface area contributed by atoms with Gasteiger partial charge in [0.05, 0.1) is 6.61 Å². The fourth-order valence-corrected chi connectivity index (χ4v) is 4.70. The first-order chi connectivity index (χ1) is 13.7. The van der Waals surface area contributed by atoms with Crippen molar-refractivity contribution in [2.45, 2.75) is 45.2 Å². The lowest BCUT2D eigenvalue weighted by Crippen LogP contribution is -2.44. The van der Waals surface area contributed by atoms with Gasteiger partial charge in [-0.15, -0.1) is 0 Å². The van der Waals surface area contributed by atoms with Gasteiger partial charge in [0.25, 0.3) is 0 Å². The zero-order chi connectivity index (χ0) is 19.8. The largest absolute Gasteiger partial charge is 0.383 e. The van der Waals surface area contributed by atoms with E-state index in [0.717, 1.165) is 50.8 Å². The van der Waals surface area contributed by atoms with Gasteiger partial charge in [-0.1, -0.05) is 6.92 Å². The number of aromatic nitrogens is 2. The Balaban J connectivity index is 1.57. The van der Waals surface area contributed by atoms with Gasteiger partial charge in [-0.05, 0) is 57.8 Å². The molecule has 2 saturated heterocycles. The molecule has 3 heterocycles. The van der Waals surface area contributed by atoms with Gasteiger partial charge in [-0.25, -0.2) is 9.97 Å². The van der Waals surface area contributed by atoms with E-state index < -0.39 is 0 Å². The molecule has 3 rings (SSSR count). The summed E-state index contributed by atoms with van der Waals surface area (Å²) in [5, 5.41) is 0. The quantitative estimate of drug-likeness (QED) is 0.652. The van der Waals surface area contributed by atoms with Crippen molar-refractivity contribution in [1.82, 2.24) is 24.7 Å². The molecule has 0 aliphatic carbocycles. The second-order valence-electron chi connectivity index (χ2n) is 8.35. The lowest BCUT2D eigenvalue weighted by Gasteiger charge is -2.36. The highest BCUT2D eigenvalue weighted by Crippen LogP contribution is 2.23. The summed E-state index contributed by atoms with van der Waals surface area (Å²) >= 11 is 0. The Morgan fingerprint density at radius 1 is 1.14 bits per heavy atom. The number of hydrogen-bond donors (Lipinski definition) is 1. The molecule has 2 aliphatic rings. The number of rotatable bonds is 10. The first-order valence-corrected chi connectivity index (χ1v) is 10.9. The third-order valence-electron chi connectivity index (χ3n) is 6.34. The van der Waals surface area contributed by atoms with Gasteiger partial charge in [-0.2, -0.15) is 0 Å². The summed E-state index contributed by atoms with van der Waals surface area (Å²) in [6, 6.07) is 0.682. The van der Waals surface area contributed by atoms with Crippen LogP contribution in [0.25, 0.3) is 0 Å². The smallest absolute Gasteiger partial charge is 0.219 e. The van der Waals surface area contributed by atoms with Crippen LogP contribution in [0.5, 0.6) is 0 Å². The van der Waals surface area contributed by atoms with E-state index in [0.29, 0.717) is 12.0 Å². The van der Waals surface area contributed by atoms with Crippen LogP contribution in [-0.2, 0) is 11.3 Å². The fraction of sp³-hybridized carbons (Fsp3) is 0.810. The number of ether oxygens (including phenoxy) is 1. The van der Waals surface area contributed by atoms with Gasteiger partial charge < -0.3 is 15.4 Å². The van der Waals surface area contributed by atoms with Crippen molar-refractivity contribution in [3.63, 3.8) is 0 Å². The molecule has 158 valence electrons. The maximum Gasteiger partial charge on any atom is 0.219 e. The summed E-state index contributed by atoms with van der Waals surface area (Å²) in [5.41, 5.74) is 6.83. The minimum Gasteiger partial charge on any atom is -0.383 e. The van der Waals surface area contributed by atoms with E-state index in [1.54, 1.807) is 7.11 Å². The Bertz CT molecular complexity index is 561. The summed E-state index contributed by atoms with van der Waals surface area (Å²) in [4.78, 5) is 16.2. The van der Waals surface area contributed by atoms with Crippen molar-refractivity contribution in [2.24, 2.45) is 5.92 Å². The lowest BCUT2D eigenvalue weighted by atomic mass is 9.95. The SMILES string of the molecule is CCN1CCC[C@@H]1CN(Cc1cnc(N)nc1)CC1CCN(CCOC)CC1. The second-order valence-corrected chi connectivity index (χ2v) is 8.35. The summed E-state index contributed by atoms with van der Waals surface area (Å²) in [7, 11) is 1.79. The number of nitrogen functional groups attached to an aromatic ring is 1. The Morgan fingerprint density at radius 3 is 2.57 bits per heavy atom. The predicted molar refractivity (Wildman–Crippen MR) is 113 cm³/mol. The average molecular weight is 391 g/mol. The standard InChI is InChI=1S/C21H38N6O/c1-3-27-8-4-5-20(27)17-26(16-19-13-23-21(22)24-14-19)15-18-6-9-25(10-7-18)11-12-28-2/h13-14,18,20H,3-12,15-17H2,1-2H3,(H2,22,23,24)/t20-/m1/s1. The maximum absolute atomic E-state index is 5.67. The molecule has 28 heavy (non-hydrogen) atoms. The molecule has 1 aromatic rings. The van der Waals surface area contributed by atoms with E-state index in [1.165, 1.54) is 45.3 Å². The van der Waals surface area contributed by atoms with Gasteiger partial charge in [0.1, 0.15) is 0 Å². The topological polar surface area (TPSA) is 70.8 Å². The Morgan fingerprint density at radius 2 is 1.89 bits per heavy atom. The molecule has 1 aromatic heterocycles. The van der Waals surface area contributed by atoms with Crippen LogP contribution in [0.3, 0.4) is 0 Å². The van der Waals surface area contributed by atoms with E-state index in [-0.39, 0.29) is 0 Å². The van der Waals surface area contributed by atoms with Crippen LogP contribution >= 0.6 is 0 Å². The number of likely N-dealkylation sites (tertiary alicyclic amines) is 2. The zero-order valence-electron chi connectivity index (χ0n) is 17.7. The van der Waals surface area contributed by atoms with Gasteiger partial charge in [0, 0.05) is 57.3 Å². The molecule has 0 aromatic carbocycles. The van der Waals surface area contributed by atoms with Crippen LogP contribution < -0.4 is 5.73 Å². The van der Waals surface area contributed by atoms with Crippen LogP contribution in [0.1, 0.15) is 38.2 Å². The van der Waals surface area contributed by atoms with Crippen LogP contribution in [0.4, 0.5) is 5.95 Å². The van der Waals surface area contributed by atoms with Crippen LogP contribution in [0, 0.1) is 5.92 Å². The molecule has 7 nitrogen and oxygen atoms in total. The average Bonchev–Trinajstić information content (AvgIpc) is 3.16. The molecule has 7 heteroatoms. The van der Waals surface area contributed by atoms with Crippen molar-refractivity contribution < 1.29 is 4.74 Å². The number of nitrogens with two attached hydrogens (primary N) is 1. The maximum atomic E-state index is 5.67. The molecular weight excluding hydrogens is 352 g/mol. The molecule has 0 radical (unpaired) electrons. The third kappa shape index (κ3) is 6.37. The van der Waals surface area contributed by atoms with Crippen molar-refractivity contribution in [3.05, 3.63) is 18.0 Å². The number of piperidine rings is 1. The Kier molecular flexibility index (Phi) is 8.45. The number of likely N-dealkylation sites (N-methyl/N-ethyl adjacent to an activating group) is 1. The van der Waals surface area contributed by atoms with Crippen molar-refractivity contribution >= 4 is 5.95 Å². The molecule has 0 saturated carbocycles. The summed E-state index contributed by atoms with van der Waals surface area (Å²) in [6.45, 7) is 12.2. The van der Waals surface area contributed by atoms with Gasteiger partial charge in [0.2, 0.25) is 5.95 Å². The molecule has 2 aliphatic heterocycles. The molecule has 0 unspecified atom stereocenters. The summed E-state index contributed by atoms with van der Waals surface area (Å²) < 4.78 is 5.23. The molecule has 2 fully saturated rings. The molecule has 0 amide bonds. The van der Waals surface area contributed by atoms with Crippen molar-refractivity contribution in [2.75, 3.05) is 65.3 Å². The normalized spacial score (nSPS) is 22.3. The first-order valence-electron chi connectivity index (χ1n) is 10.9. The molecule has 0 spiro atoms. The molecule has 2 N–H and O–H groups in total. The third-order valence-corrected chi connectivity index (χ3v) is 6.34. The van der Waals surface area contributed by atoms with E-state index in [4.69, 9.17) is 10.5 Å².